The van der Waals surface area contributed by atoms with Crippen LogP contribution in [0.1, 0.15) is 11.1 Å². The van der Waals surface area contributed by atoms with Gasteiger partial charge in [0.1, 0.15) is 5.71 Å². The van der Waals surface area contributed by atoms with Gasteiger partial charge in [0.15, 0.2) is 0 Å². The minimum absolute atomic E-state index is 0.198. The smallest absolute Gasteiger partial charge is 0.337 e. The van der Waals surface area contributed by atoms with Gasteiger partial charge in [-0.25, -0.2) is 4.79 Å². The average Bonchev–Trinajstić information content (AvgIpc) is 2.95. The van der Waals surface area contributed by atoms with Gasteiger partial charge in [0, 0.05) is 23.3 Å². The first kappa shape index (κ1) is 13.0. The van der Waals surface area contributed by atoms with Crippen LogP contribution in [0.2, 0.25) is 0 Å². The monoisotopic (exact) mass is 276 g/mol. The molecule has 0 saturated heterocycles. The maximum atomic E-state index is 11.0. The van der Waals surface area contributed by atoms with Crippen molar-refractivity contribution in [3.63, 3.8) is 0 Å². The first-order valence-electron chi connectivity index (χ1n) is 6.49. The molecule has 102 valence electrons. The lowest BCUT2D eigenvalue weighted by atomic mass is 10.0. The fourth-order valence-electron chi connectivity index (χ4n) is 1.94. The number of esters is 1. The molecule has 2 aromatic rings. The first-order valence-corrected chi connectivity index (χ1v) is 6.49. The number of rotatable bonds is 3. The van der Waals surface area contributed by atoms with Crippen molar-refractivity contribution in [2.75, 3.05) is 0 Å². The Hall–Kier alpha value is -3.01. The third kappa shape index (κ3) is 3.12. The molecule has 2 aromatic carbocycles. The van der Waals surface area contributed by atoms with Crippen LogP contribution in [0.25, 0.3) is 0 Å². The lowest BCUT2D eigenvalue weighted by Gasteiger charge is -2.05. The molecule has 0 N–H and O–H groups in total. The molecule has 1 heterocycles. The van der Waals surface area contributed by atoms with Crippen molar-refractivity contribution in [3.8, 4) is 0 Å². The van der Waals surface area contributed by atoms with Crippen molar-refractivity contribution < 1.29 is 9.53 Å². The highest BCUT2D eigenvalue weighted by atomic mass is 16.5. The van der Waals surface area contributed by atoms with Crippen LogP contribution in [-0.4, -0.2) is 17.6 Å². The largest absolute Gasteiger partial charge is 0.403 e. The molecule has 0 radical (unpaired) electrons. The Morgan fingerprint density at radius 2 is 1.38 bits per heavy atom. The molecule has 0 spiro atoms. The zero-order valence-corrected chi connectivity index (χ0v) is 11.1. The molecule has 0 atom stereocenters. The van der Waals surface area contributed by atoms with E-state index < -0.39 is 5.97 Å². The van der Waals surface area contributed by atoms with Crippen molar-refractivity contribution in [3.05, 3.63) is 83.9 Å². The number of benzene rings is 2. The van der Waals surface area contributed by atoms with Gasteiger partial charge in [-0.2, -0.15) is 0 Å². The van der Waals surface area contributed by atoms with E-state index in [1.165, 1.54) is 12.2 Å². The molecule has 1 aliphatic rings. The molecule has 21 heavy (non-hydrogen) atoms. The van der Waals surface area contributed by atoms with Gasteiger partial charge in [0.2, 0.25) is 5.90 Å². The van der Waals surface area contributed by atoms with Gasteiger partial charge in [-0.05, 0) is 0 Å². The second-order valence-electron chi connectivity index (χ2n) is 4.37. The molecule has 3 rings (SSSR count). The SMILES string of the molecule is O=C1C=C/C(=N/N=C(c2ccccc2)c2ccccc2)O1. The summed E-state index contributed by atoms with van der Waals surface area (Å²) in [5, 5.41) is 8.26. The Bertz CT molecular complexity index is 690. The third-order valence-electron chi connectivity index (χ3n) is 2.91. The Balaban J connectivity index is 2.01. The Labute approximate surface area is 122 Å². The van der Waals surface area contributed by atoms with Crippen LogP contribution in [0, 0.1) is 0 Å². The number of hydrogen-bond acceptors (Lipinski definition) is 4. The average molecular weight is 276 g/mol. The van der Waals surface area contributed by atoms with E-state index in [2.05, 4.69) is 10.2 Å². The van der Waals surface area contributed by atoms with Gasteiger partial charge in [0.05, 0.1) is 0 Å². The summed E-state index contributed by atoms with van der Waals surface area (Å²) in [5.41, 5.74) is 2.61. The van der Waals surface area contributed by atoms with Crippen LogP contribution >= 0.6 is 0 Å². The highest BCUT2D eigenvalue weighted by Crippen LogP contribution is 2.11. The van der Waals surface area contributed by atoms with Crippen LogP contribution < -0.4 is 0 Å². The molecule has 4 nitrogen and oxygen atoms in total. The van der Waals surface area contributed by atoms with E-state index in [9.17, 15) is 4.79 Å². The van der Waals surface area contributed by atoms with E-state index in [1.54, 1.807) is 0 Å². The van der Waals surface area contributed by atoms with E-state index in [-0.39, 0.29) is 5.90 Å². The Kier molecular flexibility index (Phi) is 3.69. The summed E-state index contributed by atoms with van der Waals surface area (Å²) < 4.78 is 4.88. The van der Waals surface area contributed by atoms with Crippen LogP contribution in [0.15, 0.2) is 83.0 Å². The second-order valence-corrected chi connectivity index (χ2v) is 4.37. The number of ether oxygens (including phenoxy) is 1. The summed E-state index contributed by atoms with van der Waals surface area (Å²) in [6.07, 6.45) is 2.82. The number of cyclic esters (lactones) is 1. The maximum absolute atomic E-state index is 11.0. The third-order valence-corrected chi connectivity index (χ3v) is 2.91. The van der Waals surface area contributed by atoms with Crippen LogP contribution in [0.5, 0.6) is 0 Å². The molecule has 0 saturated carbocycles. The van der Waals surface area contributed by atoms with E-state index in [0.29, 0.717) is 0 Å². The Morgan fingerprint density at radius 3 is 1.86 bits per heavy atom. The van der Waals surface area contributed by atoms with Crippen molar-refractivity contribution in [2.24, 2.45) is 10.2 Å². The van der Waals surface area contributed by atoms with Crippen molar-refractivity contribution in [1.29, 1.82) is 0 Å². The molecular formula is C17H12N2O2. The topological polar surface area (TPSA) is 51.0 Å². The summed E-state index contributed by atoms with van der Waals surface area (Å²) in [6.45, 7) is 0. The summed E-state index contributed by atoms with van der Waals surface area (Å²) in [4.78, 5) is 11.0. The minimum atomic E-state index is -0.426. The van der Waals surface area contributed by atoms with Gasteiger partial charge >= 0.3 is 5.97 Å². The normalized spacial score (nSPS) is 15.0. The highest BCUT2D eigenvalue weighted by Gasteiger charge is 2.11. The number of hydrogen-bond donors (Lipinski definition) is 0. The molecule has 0 aromatic heterocycles. The molecule has 0 amide bonds. The van der Waals surface area contributed by atoms with Crippen molar-refractivity contribution in [1.82, 2.24) is 0 Å². The van der Waals surface area contributed by atoms with Gasteiger partial charge in [-0.3, -0.25) is 0 Å². The number of carbonyl (C=O) groups excluding carboxylic acids is 1. The maximum Gasteiger partial charge on any atom is 0.337 e. The predicted octanol–water partition coefficient (Wildman–Crippen LogP) is 2.95. The van der Waals surface area contributed by atoms with Crippen LogP contribution in [0.4, 0.5) is 0 Å². The van der Waals surface area contributed by atoms with Crippen molar-refractivity contribution >= 4 is 17.6 Å². The van der Waals surface area contributed by atoms with Crippen molar-refractivity contribution in [2.45, 2.75) is 0 Å². The first-order chi connectivity index (χ1) is 10.3. The molecule has 0 bridgehead atoms. The predicted molar refractivity (Wildman–Crippen MR) is 81.2 cm³/mol. The Morgan fingerprint density at radius 1 is 0.810 bits per heavy atom. The van der Waals surface area contributed by atoms with Gasteiger partial charge in [-0.1, -0.05) is 60.7 Å². The lowest BCUT2D eigenvalue weighted by molar-refractivity contribution is -0.129. The van der Waals surface area contributed by atoms with Crippen LogP contribution in [-0.2, 0) is 9.53 Å². The summed E-state index contributed by atoms with van der Waals surface area (Å²) >= 11 is 0. The summed E-state index contributed by atoms with van der Waals surface area (Å²) in [5.74, 6) is -0.228. The number of nitrogens with zero attached hydrogens (tertiary/aromatic N) is 2. The van der Waals surface area contributed by atoms with E-state index in [1.807, 2.05) is 60.7 Å². The quantitative estimate of drug-likeness (QED) is 0.491. The van der Waals surface area contributed by atoms with E-state index >= 15 is 0 Å². The highest BCUT2D eigenvalue weighted by molar-refractivity contribution is 6.13. The second kappa shape index (κ2) is 5.96. The van der Waals surface area contributed by atoms with Gasteiger partial charge < -0.3 is 4.74 Å². The standard InChI is InChI=1S/C17H12N2O2/c20-16-12-11-15(21-16)18-19-17(13-7-3-1-4-8-13)14-9-5-2-6-10-14/h1-12H/b18-15-. The molecular weight excluding hydrogens is 264 g/mol. The fourth-order valence-corrected chi connectivity index (χ4v) is 1.94. The summed E-state index contributed by atoms with van der Waals surface area (Å²) in [7, 11) is 0. The zero-order valence-electron chi connectivity index (χ0n) is 11.1. The van der Waals surface area contributed by atoms with Gasteiger partial charge in [-0.15, -0.1) is 10.2 Å². The lowest BCUT2D eigenvalue weighted by Crippen LogP contribution is -2.04. The van der Waals surface area contributed by atoms with Crippen LogP contribution in [0.3, 0.4) is 0 Å². The van der Waals surface area contributed by atoms with Gasteiger partial charge in [0.25, 0.3) is 0 Å². The minimum Gasteiger partial charge on any atom is -0.403 e. The number of carbonyl (C=O) groups is 1. The molecule has 1 aliphatic heterocycles. The summed E-state index contributed by atoms with van der Waals surface area (Å²) in [6, 6.07) is 19.5. The molecule has 0 aliphatic carbocycles. The van der Waals surface area contributed by atoms with E-state index in [4.69, 9.17) is 4.74 Å². The zero-order chi connectivity index (χ0) is 14.5. The molecule has 4 heteroatoms. The molecule has 0 unspecified atom stereocenters. The molecule has 0 fully saturated rings. The fraction of sp³-hybridized carbons (Fsp3) is 0. The van der Waals surface area contributed by atoms with E-state index in [0.717, 1.165) is 16.8 Å².